The van der Waals surface area contributed by atoms with Gasteiger partial charge in [0.25, 0.3) is 0 Å². The third kappa shape index (κ3) is 4.61. The van der Waals surface area contributed by atoms with E-state index >= 15 is 0 Å². The smallest absolute Gasteiger partial charge is 0.127 e. The number of benzene rings is 1. The number of hydrogen-bond donors (Lipinski definition) is 1. The van der Waals surface area contributed by atoms with E-state index in [0.29, 0.717) is 6.61 Å². The maximum atomic E-state index is 5.72. The second kappa shape index (κ2) is 5.87. The van der Waals surface area contributed by atoms with E-state index in [-0.39, 0.29) is 5.54 Å². The number of hydrogen-bond acceptors (Lipinski definition) is 2. The Morgan fingerprint density at radius 2 is 2.06 bits per heavy atom. The highest BCUT2D eigenvalue weighted by molar-refractivity contribution is 5.40. The molecule has 1 rings (SSSR count). The number of ether oxygens (including phenoxy) is 1. The van der Waals surface area contributed by atoms with Crippen LogP contribution >= 0.6 is 0 Å². The van der Waals surface area contributed by atoms with Gasteiger partial charge < -0.3 is 10.1 Å². The van der Waals surface area contributed by atoms with E-state index in [2.05, 4.69) is 57.8 Å². The molecule has 0 amide bonds. The molecule has 1 aromatic rings. The van der Waals surface area contributed by atoms with E-state index in [1.165, 1.54) is 11.1 Å². The quantitative estimate of drug-likeness (QED) is 0.787. The zero-order chi connectivity index (χ0) is 12.9. The maximum absolute atomic E-state index is 5.72. The van der Waals surface area contributed by atoms with Crippen molar-refractivity contribution in [2.45, 2.75) is 39.8 Å². The van der Waals surface area contributed by atoms with Crippen molar-refractivity contribution in [1.29, 1.82) is 0 Å². The Balaban J connectivity index is 2.82. The van der Waals surface area contributed by atoms with Crippen molar-refractivity contribution in [2.24, 2.45) is 0 Å². The predicted octanol–water partition coefficient (Wildman–Crippen LogP) is 3.45. The van der Waals surface area contributed by atoms with E-state index in [9.17, 15) is 0 Å². The molecule has 0 atom stereocenters. The van der Waals surface area contributed by atoms with Crippen molar-refractivity contribution in [3.8, 4) is 5.75 Å². The lowest BCUT2D eigenvalue weighted by molar-refractivity contribution is 0.350. The molecule has 0 aliphatic rings. The van der Waals surface area contributed by atoms with E-state index in [1.807, 2.05) is 0 Å². The summed E-state index contributed by atoms with van der Waals surface area (Å²) in [5.41, 5.74) is 2.47. The lowest BCUT2D eigenvalue weighted by atomic mass is 10.1. The summed E-state index contributed by atoms with van der Waals surface area (Å²) in [7, 11) is 0. The molecule has 0 aliphatic heterocycles. The predicted molar refractivity (Wildman–Crippen MR) is 73.5 cm³/mol. The van der Waals surface area contributed by atoms with Crippen LogP contribution in [0.5, 0.6) is 5.75 Å². The Hall–Kier alpha value is -1.28. The van der Waals surface area contributed by atoms with Gasteiger partial charge in [0, 0.05) is 17.6 Å². The van der Waals surface area contributed by atoms with Crippen molar-refractivity contribution < 1.29 is 4.74 Å². The first-order valence-corrected chi connectivity index (χ1v) is 6.01. The molecule has 0 radical (unpaired) electrons. The molecule has 2 heteroatoms. The molecule has 0 aliphatic carbocycles. The van der Waals surface area contributed by atoms with Gasteiger partial charge in [0.1, 0.15) is 12.4 Å². The van der Waals surface area contributed by atoms with Crippen molar-refractivity contribution in [1.82, 2.24) is 5.32 Å². The number of para-hydroxylation sites is 1. The molecule has 0 heterocycles. The van der Waals surface area contributed by atoms with Crippen LogP contribution in [-0.4, -0.2) is 12.1 Å². The number of aryl methyl sites for hydroxylation is 1. The molecule has 1 aromatic carbocycles. The Labute approximate surface area is 105 Å². The van der Waals surface area contributed by atoms with Gasteiger partial charge in [-0.25, -0.2) is 0 Å². The summed E-state index contributed by atoms with van der Waals surface area (Å²) in [5, 5.41) is 3.48. The minimum absolute atomic E-state index is 0.111. The van der Waals surface area contributed by atoms with Gasteiger partial charge in [-0.2, -0.15) is 0 Å². The van der Waals surface area contributed by atoms with Crippen LogP contribution in [0.25, 0.3) is 0 Å². The van der Waals surface area contributed by atoms with Gasteiger partial charge in [-0.1, -0.05) is 30.9 Å². The van der Waals surface area contributed by atoms with E-state index in [0.717, 1.165) is 12.3 Å². The zero-order valence-corrected chi connectivity index (χ0v) is 11.3. The molecule has 0 spiro atoms. The summed E-state index contributed by atoms with van der Waals surface area (Å²) in [5.74, 6) is 0.976. The lowest BCUT2D eigenvalue weighted by Crippen LogP contribution is -2.35. The molecule has 0 bridgehead atoms. The van der Waals surface area contributed by atoms with Crippen LogP contribution in [0.15, 0.2) is 30.9 Å². The monoisotopic (exact) mass is 233 g/mol. The molecule has 0 fully saturated rings. The van der Waals surface area contributed by atoms with Crippen LogP contribution in [0.2, 0.25) is 0 Å². The van der Waals surface area contributed by atoms with Crippen LogP contribution in [0.3, 0.4) is 0 Å². The molecule has 17 heavy (non-hydrogen) atoms. The highest BCUT2D eigenvalue weighted by Crippen LogP contribution is 2.23. The van der Waals surface area contributed by atoms with Gasteiger partial charge in [-0.3, -0.25) is 0 Å². The topological polar surface area (TPSA) is 21.3 Å². The average molecular weight is 233 g/mol. The second-order valence-electron chi connectivity index (χ2n) is 5.27. The van der Waals surface area contributed by atoms with Crippen molar-refractivity contribution in [2.75, 3.05) is 6.61 Å². The Kier molecular flexibility index (Phi) is 4.76. The first-order valence-electron chi connectivity index (χ1n) is 6.01. The van der Waals surface area contributed by atoms with Gasteiger partial charge in [-0.15, -0.1) is 0 Å². The average Bonchev–Trinajstić information content (AvgIpc) is 2.24. The van der Waals surface area contributed by atoms with E-state index in [4.69, 9.17) is 4.74 Å². The van der Waals surface area contributed by atoms with Gasteiger partial charge >= 0.3 is 0 Å². The summed E-state index contributed by atoms with van der Waals surface area (Å²) >= 11 is 0. The Morgan fingerprint density at radius 3 is 2.65 bits per heavy atom. The zero-order valence-electron chi connectivity index (χ0n) is 11.3. The summed E-state index contributed by atoms with van der Waals surface area (Å²) in [6.45, 7) is 13.6. The van der Waals surface area contributed by atoms with Gasteiger partial charge in [-0.05, 0) is 33.3 Å². The number of nitrogens with one attached hydrogen (secondary N) is 1. The van der Waals surface area contributed by atoms with Crippen LogP contribution in [0.1, 0.15) is 31.9 Å². The molecule has 94 valence electrons. The first-order chi connectivity index (χ1) is 7.94. The molecular weight excluding hydrogens is 210 g/mol. The first kappa shape index (κ1) is 13.8. The summed E-state index contributed by atoms with van der Waals surface area (Å²) in [6, 6.07) is 6.24. The Bertz CT molecular complexity index is 377. The third-order valence-corrected chi connectivity index (χ3v) is 2.45. The van der Waals surface area contributed by atoms with Gasteiger partial charge in [0.15, 0.2) is 0 Å². The summed E-state index contributed by atoms with van der Waals surface area (Å²) in [6.07, 6.45) is 1.77. The van der Waals surface area contributed by atoms with Crippen LogP contribution in [-0.2, 0) is 6.54 Å². The second-order valence-corrected chi connectivity index (χ2v) is 5.27. The molecular formula is C15H23NO. The summed E-state index contributed by atoms with van der Waals surface area (Å²) < 4.78 is 5.72. The van der Waals surface area contributed by atoms with Gasteiger partial charge in [0.2, 0.25) is 0 Å². The number of rotatable bonds is 5. The van der Waals surface area contributed by atoms with Crippen LogP contribution in [0, 0.1) is 6.92 Å². The SMILES string of the molecule is C=CCOc1c(C)cccc1CNC(C)(C)C. The van der Waals surface area contributed by atoms with Gasteiger partial charge in [0.05, 0.1) is 0 Å². The molecule has 0 saturated carbocycles. The van der Waals surface area contributed by atoms with Crippen molar-refractivity contribution in [3.05, 3.63) is 42.0 Å². The van der Waals surface area contributed by atoms with Crippen LogP contribution in [0.4, 0.5) is 0 Å². The largest absolute Gasteiger partial charge is 0.489 e. The highest BCUT2D eigenvalue weighted by Gasteiger charge is 2.11. The summed E-state index contributed by atoms with van der Waals surface area (Å²) in [4.78, 5) is 0. The minimum Gasteiger partial charge on any atom is -0.489 e. The molecule has 0 unspecified atom stereocenters. The molecule has 0 saturated heterocycles. The van der Waals surface area contributed by atoms with E-state index < -0.39 is 0 Å². The van der Waals surface area contributed by atoms with Crippen molar-refractivity contribution in [3.63, 3.8) is 0 Å². The van der Waals surface area contributed by atoms with Crippen LogP contribution < -0.4 is 10.1 Å². The standard InChI is InChI=1S/C15H23NO/c1-6-10-17-14-12(2)8-7-9-13(14)11-16-15(3,4)5/h6-9,16H,1,10-11H2,2-5H3. The molecule has 0 aromatic heterocycles. The minimum atomic E-state index is 0.111. The Morgan fingerprint density at radius 1 is 1.35 bits per heavy atom. The van der Waals surface area contributed by atoms with Crippen molar-refractivity contribution >= 4 is 0 Å². The fraction of sp³-hybridized carbons (Fsp3) is 0.467. The highest BCUT2D eigenvalue weighted by atomic mass is 16.5. The molecule has 2 nitrogen and oxygen atoms in total. The normalized spacial score (nSPS) is 11.3. The lowest BCUT2D eigenvalue weighted by Gasteiger charge is -2.22. The fourth-order valence-electron chi connectivity index (χ4n) is 1.56. The maximum Gasteiger partial charge on any atom is 0.127 e. The molecule has 1 N–H and O–H groups in total. The van der Waals surface area contributed by atoms with E-state index in [1.54, 1.807) is 6.08 Å². The third-order valence-electron chi connectivity index (χ3n) is 2.45. The fourth-order valence-corrected chi connectivity index (χ4v) is 1.56.